The second-order valence-electron chi connectivity index (χ2n) is 9.34. The van der Waals surface area contributed by atoms with Gasteiger partial charge in [-0.15, -0.1) is 11.8 Å². The number of carbonyl (C=O) groups excluding carboxylic acids is 3. The first kappa shape index (κ1) is 32.3. The molecule has 0 aliphatic heterocycles. The van der Waals surface area contributed by atoms with Gasteiger partial charge in [-0.2, -0.15) is 13.2 Å². The van der Waals surface area contributed by atoms with Crippen molar-refractivity contribution in [1.82, 2.24) is 10.3 Å². The number of hydrogen-bond acceptors (Lipinski definition) is 5. The second kappa shape index (κ2) is 14.7. The highest BCUT2D eigenvalue weighted by Gasteiger charge is 2.34. The third kappa shape index (κ3) is 8.95. The zero-order chi connectivity index (χ0) is 31.7. The van der Waals surface area contributed by atoms with E-state index in [1.807, 2.05) is 0 Å². The Hall–Kier alpha value is -4.61. The molecule has 12 heteroatoms. The molecule has 0 aliphatic carbocycles. The summed E-state index contributed by atoms with van der Waals surface area (Å²) in [5, 5.41) is 6.93. The maximum atomic E-state index is 13.5. The van der Waals surface area contributed by atoms with E-state index in [1.54, 1.807) is 79.9 Å². The summed E-state index contributed by atoms with van der Waals surface area (Å²) in [4.78, 5) is 43.8. The molecule has 4 aromatic rings. The normalized spacial score (nSPS) is 12.2. The van der Waals surface area contributed by atoms with Gasteiger partial charge in [0.2, 0.25) is 5.91 Å². The van der Waals surface area contributed by atoms with E-state index < -0.39 is 40.4 Å². The summed E-state index contributed by atoms with van der Waals surface area (Å²) in [6, 6.07) is 21.6. The Morgan fingerprint density at radius 2 is 1.73 bits per heavy atom. The number of nitrogens with one attached hydrogen (secondary N) is 3. The number of amides is 3. The van der Waals surface area contributed by atoms with Gasteiger partial charge in [-0.1, -0.05) is 48.9 Å². The fraction of sp³-hybridized carbons (Fsp3) is 0.125. The van der Waals surface area contributed by atoms with Crippen molar-refractivity contribution in [2.75, 3.05) is 10.6 Å². The Labute approximate surface area is 260 Å². The third-order valence-electron chi connectivity index (χ3n) is 6.10. The first-order valence-electron chi connectivity index (χ1n) is 13.3. The molecule has 3 N–H and O–H groups in total. The minimum absolute atomic E-state index is 0.0286. The van der Waals surface area contributed by atoms with Gasteiger partial charge >= 0.3 is 6.18 Å². The predicted molar refractivity (Wildman–Crippen MR) is 166 cm³/mol. The molecule has 3 aromatic carbocycles. The number of halogens is 4. The van der Waals surface area contributed by atoms with Crippen LogP contribution in [0.15, 0.2) is 108 Å². The molecule has 226 valence electrons. The number of pyridine rings is 1. The Morgan fingerprint density at radius 1 is 0.955 bits per heavy atom. The number of hydrogen-bond donors (Lipinski definition) is 3. The van der Waals surface area contributed by atoms with Gasteiger partial charge in [-0.05, 0) is 72.7 Å². The smallest absolute Gasteiger partial charge is 0.325 e. The van der Waals surface area contributed by atoms with E-state index in [0.717, 1.165) is 23.9 Å². The van der Waals surface area contributed by atoms with E-state index in [4.69, 9.17) is 11.6 Å². The maximum Gasteiger partial charge on any atom is 0.418 e. The molecule has 7 nitrogen and oxygen atoms in total. The van der Waals surface area contributed by atoms with Gasteiger partial charge < -0.3 is 16.0 Å². The molecule has 0 saturated heterocycles. The standard InChI is InChI=1S/C32H26ClF3N4O3S/c1-2-28(31(43)39-26-14-13-22(33)17-25(26)32(34,35)36)44-24-12-6-11-23(18-24)38-30(42)27(16-20-8-7-15-37-19-20)40-29(41)21-9-4-3-5-10-21/h3-19,28H,2H2,1H3,(H,38,42)(H,39,43)(H,40,41)/b27-16-. The highest BCUT2D eigenvalue weighted by molar-refractivity contribution is 8.00. The molecule has 0 spiro atoms. The molecule has 0 fully saturated rings. The summed E-state index contributed by atoms with van der Waals surface area (Å²) in [6.45, 7) is 1.74. The number of anilines is 2. The first-order valence-corrected chi connectivity index (χ1v) is 14.5. The van der Waals surface area contributed by atoms with E-state index >= 15 is 0 Å². The Morgan fingerprint density at radius 3 is 2.41 bits per heavy atom. The van der Waals surface area contributed by atoms with Crippen LogP contribution in [0.3, 0.4) is 0 Å². The molecule has 44 heavy (non-hydrogen) atoms. The van der Waals surface area contributed by atoms with E-state index in [0.29, 0.717) is 28.1 Å². The van der Waals surface area contributed by atoms with E-state index in [1.165, 1.54) is 18.3 Å². The fourth-order valence-electron chi connectivity index (χ4n) is 3.98. The van der Waals surface area contributed by atoms with Crippen molar-refractivity contribution in [3.05, 3.63) is 125 Å². The van der Waals surface area contributed by atoms with Crippen LogP contribution in [0.1, 0.15) is 34.8 Å². The van der Waals surface area contributed by atoms with Crippen LogP contribution in [0, 0.1) is 0 Å². The molecule has 4 rings (SSSR count). The van der Waals surface area contributed by atoms with Gasteiger partial charge in [-0.3, -0.25) is 19.4 Å². The number of thioether (sulfide) groups is 1. The molecule has 0 saturated carbocycles. The molecule has 0 aliphatic rings. The van der Waals surface area contributed by atoms with Crippen LogP contribution >= 0.6 is 23.4 Å². The Balaban J connectivity index is 1.50. The lowest BCUT2D eigenvalue weighted by atomic mass is 10.1. The lowest BCUT2D eigenvalue weighted by Crippen LogP contribution is -2.30. The molecule has 1 heterocycles. The monoisotopic (exact) mass is 638 g/mol. The van der Waals surface area contributed by atoms with Crippen LogP contribution in [0.4, 0.5) is 24.5 Å². The predicted octanol–water partition coefficient (Wildman–Crippen LogP) is 7.67. The highest BCUT2D eigenvalue weighted by Crippen LogP contribution is 2.37. The number of carbonyl (C=O) groups is 3. The molecule has 0 radical (unpaired) electrons. The van der Waals surface area contributed by atoms with Crippen LogP contribution < -0.4 is 16.0 Å². The van der Waals surface area contributed by atoms with Crippen LogP contribution in [0.5, 0.6) is 0 Å². The van der Waals surface area contributed by atoms with Gasteiger partial charge in [0.25, 0.3) is 11.8 Å². The summed E-state index contributed by atoms with van der Waals surface area (Å²) in [6.07, 6.45) is 0.213. The summed E-state index contributed by atoms with van der Waals surface area (Å²) < 4.78 is 40.5. The topological polar surface area (TPSA) is 100 Å². The van der Waals surface area contributed by atoms with E-state index in [9.17, 15) is 27.6 Å². The number of alkyl halides is 3. The Bertz CT molecular complexity index is 1670. The lowest BCUT2D eigenvalue weighted by Gasteiger charge is -2.18. The van der Waals surface area contributed by atoms with Gasteiger partial charge in [-0.25, -0.2) is 0 Å². The van der Waals surface area contributed by atoms with Crippen LogP contribution in [-0.2, 0) is 15.8 Å². The summed E-state index contributed by atoms with van der Waals surface area (Å²) in [5.74, 6) is -1.70. The minimum Gasteiger partial charge on any atom is -0.325 e. The molecule has 3 amide bonds. The molecule has 1 atom stereocenters. The summed E-state index contributed by atoms with van der Waals surface area (Å²) in [5.41, 5.74) is -0.144. The molecule has 1 unspecified atom stereocenters. The highest BCUT2D eigenvalue weighted by atomic mass is 35.5. The van der Waals surface area contributed by atoms with Crippen molar-refractivity contribution in [1.29, 1.82) is 0 Å². The van der Waals surface area contributed by atoms with Crippen LogP contribution in [-0.4, -0.2) is 28.0 Å². The van der Waals surface area contributed by atoms with Crippen molar-refractivity contribution in [2.45, 2.75) is 29.7 Å². The van der Waals surface area contributed by atoms with Crippen molar-refractivity contribution in [3.8, 4) is 0 Å². The number of rotatable bonds is 10. The molecule has 1 aromatic heterocycles. The summed E-state index contributed by atoms with van der Waals surface area (Å²) >= 11 is 6.88. The number of aromatic nitrogens is 1. The zero-order valence-electron chi connectivity index (χ0n) is 23.2. The zero-order valence-corrected chi connectivity index (χ0v) is 24.8. The molecular weight excluding hydrogens is 613 g/mol. The van der Waals surface area contributed by atoms with Gasteiger partial charge in [0, 0.05) is 33.6 Å². The third-order valence-corrected chi connectivity index (χ3v) is 7.70. The van der Waals surface area contributed by atoms with Crippen molar-refractivity contribution in [3.63, 3.8) is 0 Å². The first-order chi connectivity index (χ1) is 21.0. The number of nitrogens with zero attached hydrogens (tertiary/aromatic N) is 1. The summed E-state index contributed by atoms with van der Waals surface area (Å²) in [7, 11) is 0. The second-order valence-corrected chi connectivity index (χ2v) is 11.1. The van der Waals surface area contributed by atoms with Crippen LogP contribution in [0.25, 0.3) is 6.08 Å². The number of benzene rings is 3. The average molecular weight is 639 g/mol. The van der Waals surface area contributed by atoms with Crippen molar-refractivity contribution in [2.24, 2.45) is 0 Å². The van der Waals surface area contributed by atoms with Gasteiger partial charge in [0.05, 0.1) is 16.5 Å². The minimum atomic E-state index is -4.71. The lowest BCUT2D eigenvalue weighted by molar-refractivity contribution is -0.137. The molecule has 0 bridgehead atoms. The molecular formula is C32H26ClF3N4O3S. The SMILES string of the molecule is CCC(Sc1cccc(NC(=O)/C(=C/c2cccnc2)NC(=O)c2ccccc2)c1)C(=O)Nc1ccc(Cl)cc1C(F)(F)F. The van der Waals surface area contributed by atoms with Gasteiger partial charge in [0.15, 0.2) is 0 Å². The van der Waals surface area contributed by atoms with Gasteiger partial charge in [0.1, 0.15) is 5.70 Å². The largest absolute Gasteiger partial charge is 0.418 e. The van der Waals surface area contributed by atoms with Crippen molar-refractivity contribution >= 4 is 58.5 Å². The van der Waals surface area contributed by atoms with Crippen LogP contribution in [0.2, 0.25) is 5.02 Å². The van der Waals surface area contributed by atoms with E-state index in [-0.39, 0.29) is 10.7 Å². The maximum absolute atomic E-state index is 13.5. The Kier molecular flexibility index (Phi) is 10.8. The average Bonchev–Trinajstić information content (AvgIpc) is 3.01. The van der Waals surface area contributed by atoms with E-state index in [2.05, 4.69) is 20.9 Å². The quantitative estimate of drug-likeness (QED) is 0.122. The fourth-order valence-corrected chi connectivity index (χ4v) is 5.16. The van der Waals surface area contributed by atoms with Crippen molar-refractivity contribution < 1.29 is 27.6 Å².